The SMILES string of the molecule is CC(C)[C@H](N)C(=O)NCC(=O)NC1CC(=O)N(c2ccccc2Cl)C1.Cl. The summed E-state index contributed by atoms with van der Waals surface area (Å²) in [5.41, 5.74) is 6.34. The van der Waals surface area contributed by atoms with Gasteiger partial charge in [-0.3, -0.25) is 14.4 Å². The van der Waals surface area contributed by atoms with Gasteiger partial charge in [0, 0.05) is 13.0 Å². The minimum Gasteiger partial charge on any atom is -0.350 e. The van der Waals surface area contributed by atoms with Gasteiger partial charge in [-0.05, 0) is 18.1 Å². The molecular formula is C17H24Cl2N4O3. The van der Waals surface area contributed by atoms with Crippen molar-refractivity contribution < 1.29 is 14.4 Å². The summed E-state index contributed by atoms with van der Waals surface area (Å²) >= 11 is 6.12. The lowest BCUT2D eigenvalue weighted by Crippen LogP contribution is -2.48. The maximum absolute atomic E-state index is 12.2. The summed E-state index contributed by atoms with van der Waals surface area (Å²) in [7, 11) is 0. The molecule has 1 aromatic rings. The summed E-state index contributed by atoms with van der Waals surface area (Å²) < 4.78 is 0. The standard InChI is InChI=1S/C17H23ClN4O3.ClH/c1-10(2)16(19)17(25)20-8-14(23)21-11-7-15(24)22(9-11)13-6-4-3-5-12(13)18;/h3-6,10-11,16H,7-9,19H2,1-2H3,(H,20,25)(H,21,23);1H/t11?,16-;/m0./s1. The topological polar surface area (TPSA) is 105 Å². The van der Waals surface area contributed by atoms with E-state index < -0.39 is 6.04 Å². The zero-order valence-electron chi connectivity index (χ0n) is 14.7. The first-order chi connectivity index (χ1) is 11.8. The molecule has 1 aliphatic rings. The fourth-order valence-corrected chi connectivity index (χ4v) is 2.81. The van der Waals surface area contributed by atoms with E-state index in [1.54, 1.807) is 29.2 Å². The van der Waals surface area contributed by atoms with Gasteiger partial charge in [-0.15, -0.1) is 12.4 Å². The highest BCUT2D eigenvalue weighted by molar-refractivity contribution is 6.33. The minimum atomic E-state index is -0.656. The Morgan fingerprint density at radius 3 is 2.62 bits per heavy atom. The Kier molecular flexibility index (Phi) is 8.33. The number of benzene rings is 1. The van der Waals surface area contributed by atoms with Crippen LogP contribution in [-0.4, -0.2) is 42.9 Å². The van der Waals surface area contributed by atoms with Gasteiger partial charge in [0.25, 0.3) is 0 Å². The molecule has 1 aromatic carbocycles. The molecule has 4 N–H and O–H groups in total. The van der Waals surface area contributed by atoms with Crippen molar-refractivity contribution >= 4 is 47.4 Å². The van der Waals surface area contributed by atoms with Crippen molar-refractivity contribution in [2.75, 3.05) is 18.0 Å². The first kappa shape index (κ1) is 22.2. The van der Waals surface area contributed by atoms with E-state index in [9.17, 15) is 14.4 Å². The predicted molar refractivity (Wildman–Crippen MR) is 103 cm³/mol. The van der Waals surface area contributed by atoms with Gasteiger partial charge >= 0.3 is 0 Å². The number of rotatable bonds is 6. The van der Waals surface area contributed by atoms with Crippen molar-refractivity contribution in [3.05, 3.63) is 29.3 Å². The van der Waals surface area contributed by atoms with Crippen LogP contribution in [0.4, 0.5) is 5.69 Å². The molecule has 1 saturated heterocycles. The van der Waals surface area contributed by atoms with Crippen molar-refractivity contribution in [1.29, 1.82) is 0 Å². The van der Waals surface area contributed by atoms with E-state index >= 15 is 0 Å². The molecule has 1 fully saturated rings. The monoisotopic (exact) mass is 402 g/mol. The Morgan fingerprint density at radius 1 is 1.35 bits per heavy atom. The highest BCUT2D eigenvalue weighted by Crippen LogP contribution is 2.28. The summed E-state index contributed by atoms with van der Waals surface area (Å²) in [5.74, 6) is -0.850. The molecule has 0 saturated carbocycles. The summed E-state index contributed by atoms with van der Waals surface area (Å²) in [5, 5.41) is 5.74. The van der Waals surface area contributed by atoms with Gasteiger partial charge in [-0.25, -0.2) is 0 Å². The number of halogens is 2. The fraction of sp³-hybridized carbons (Fsp3) is 0.471. The molecule has 7 nitrogen and oxygen atoms in total. The number of nitrogens with zero attached hydrogens (tertiary/aromatic N) is 1. The third kappa shape index (κ3) is 5.59. The first-order valence-corrected chi connectivity index (χ1v) is 8.55. The van der Waals surface area contributed by atoms with E-state index in [0.29, 0.717) is 17.3 Å². The largest absolute Gasteiger partial charge is 0.350 e. The molecular weight excluding hydrogens is 379 g/mol. The number of para-hydroxylation sites is 1. The number of anilines is 1. The summed E-state index contributed by atoms with van der Waals surface area (Å²) in [6.07, 6.45) is 0.191. The number of carbonyl (C=O) groups excluding carboxylic acids is 3. The van der Waals surface area contributed by atoms with Crippen molar-refractivity contribution in [2.24, 2.45) is 11.7 Å². The molecule has 3 amide bonds. The van der Waals surface area contributed by atoms with Crippen LogP contribution in [0.2, 0.25) is 5.02 Å². The van der Waals surface area contributed by atoms with Crippen molar-refractivity contribution in [3.63, 3.8) is 0 Å². The molecule has 2 rings (SSSR count). The molecule has 1 aliphatic heterocycles. The Morgan fingerprint density at radius 2 is 2.00 bits per heavy atom. The van der Waals surface area contributed by atoms with Crippen LogP contribution in [0.25, 0.3) is 0 Å². The van der Waals surface area contributed by atoms with E-state index in [0.717, 1.165) is 0 Å². The quantitative estimate of drug-likeness (QED) is 0.661. The summed E-state index contributed by atoms with van der Waals surface area (Å²) in [6.45, 7) is 3.83. The van der Waals surface area contributed by atoms with E-state index in [1.165, 1.54) is 0 Å². The predicted octanol–water partition coefficient (Wildman–Crippen LogP) is 1.08. The van der Waals surface area contributed by atoms with E-state index in [2.05, 4.69) is 10.6 Å². The van der Waals surface area contributed by atoms with Crippen LogP contribution in [0.5, 0.6) is 0 Å². The van der Waals surface area contributed by atoms with Crippen LogP contribution in [0.15, 0.2) is 24.3 Å². The van der Waals surface area contributed by atoms with Crippen LogP contribution in [-0.2, 0) is 14.4 Å². The molecule has 2 atom stereocenters. The highest BCUT2D eigenvalue weighted by Gasteiger charge is 2.32. The Labute approximate surface area is 164 Å². The van der Waals surface area contributed by atoms with Gasteiger partial charge in [-0.2, -0.15) is 0 Å². The number of nitrogens with one attached hydrogen (secondary N) is 2. The van der Waals surface area contributed by atoms with Gasteiger partial charge < -0.3 is 21.3 Å². The lowest BCUT2D eigenvalue weighted by molar-refractivity contribution is -0.127. The van der Waals surface area contributed by atoms with Gasteiger partial charge in [-0.1, -0.05) is 37.6 Å². The molecule has 144 valence electrons. The normalized spacial score (nSPS) is 17.7. The average Bonchev–Trinajstić information content (AvgIpc) is 2.92. The maximum Gasteiger partial charge on any atom is 0.239 e. The number of carbonyl (C=O) groups is 3. The smallest absolute Gasteiger partial charge is 0.239 e. The first-order valence-electron chi connectivity index (χ1n) is 8.17. The van der Waals surface area contributed by atoms with Gasteiger partial charge in [0.15, 0.2) is 0 Å². The lowest BCUT2D eigenvalue weighted by Gasteiger charge is -2.19. The number of nitrogens with two attached hydrogens (primary N) is 1. The molecule has 0 aromatic heterocycles. The van der Waals surface area contributed by atoms with Crippen LogP contribution >= 0.6 is 24.0 Å². The van der Waals surface area contributed by atoms with Crippen molar-refractivity contribution in [3.8, 4) is 0 Å². The van der Waals surface area contributed by atoms with E-state index in [-0.39, 0.29) is 55.1 Å². The Bertz CT molecular complexity index is 669. The third-order valence-electron chi connectivity index (χ3n) is 4.08. The fourth-order valence-electron chi connectivity index (χ4n) is 2.57. The highest BCUT2D eigenvalue weighted by atomic mass is 35.5. The minimum absolute atomic E-state index is 0. The van der Waals surface area contributed by atoms with Crippen LogP contribution < -0.4 is 21.3 Å². The van der Waals surface area contributed by atoms with Crippen LogP contribution in [0, 0.1) is 5.92 Å². The van der Waals surface area contributed by atoms with Crippen LogP contribution in [0.3, 0.4) is 0 Å². The van der Waals surface area contributed by atoms with Gasteiger partial charge in [0.05, 0.1) is 29.3 Å². The molecule has 0 bridgehead atoms. The molecule has 1 heterocycles. The lowest BCUT2D eigenvalue weighted by atomic mass is 10.1. The zero-order valence-corrected chi connectivity index (χ0v) is 16.3. The van der Waals surface area contributed by atoms with Crippen molar-refractivity contribution in [1.82, 2.24) is 10.6 Å². The van der Waals surface area contributed by atoms with Crippen LogP contribution in [0.1, 0.15) is 20.3 Å². The Balaban J connectivity index is 0.00000338. The molecule has 0 aliphatic carbocycles. The zero-order chi connectivity index (χ0) is 18.6. The van der Waals surface area contributed by atoms with E-state index in [1.807, 2.05) is 13.8 Å². The summed E-state index contributed by atoms with van der Waals surface area (Å²) in [6, 6.07) is 6.08. The molecule has 0 spiro atoms. The third-order valence-corrected chi connectivity index (χ3v) is 4.40. The molecule has 0 radical (unpaired) electrons. The number of amides is 3. The summed E-state index contributed by atoms with van der Waals surface area (Å²) in [4.78, 5) is 37.5. The molecule has 26 heavy (non-hydrogen) atoms. The Hall–Kier alpha value is -1.83. The van der Waals surface area contributed by atoms with Crippen molar-refractivity contribution in [2.45, 2.75) is 32.4 Å². The molecule has 9 heteroatoms. The average molecular weight is 403 g/mol. The number of hydrogen-bond acceptors (Lipinski definition) is 4. The second-order valence-corrected chi connectivity index (χ2v) is 6.82. The number of hydrogen-bond donors (Lipinski definition) is 3. The van der Waals surface area contributed by atoms with Gasteiger partial charge in [0.2, 0.25) is 17.7 Å². The maximum atomic E-state index is 12.2. The second-order valence-electron chi connectivity index (χ2n) is 6.41. The molecule has 1 unspecified atom stereocenters. The van der Waals surface area contributed by atoms with Gasteiger partial charge in [0.1, 0.15) is 0 Å². The van der Waals surface area contributed by atoms with E-state index in [4.69, 9.17) is 17.3 Å². The second kappa shape index (κ2) is 9.75.